The summed E-state index contributed by atoms with van der Waals surface area (Å²) >= 11 is 0. The number of rotatable bonds is 14. The van der Waals surface area contributed by atoms with Crippen molar-refractivity contribution < 1.29 is 29.1 Å². The van der Waals surface area contributed by atoms with E-state index in [1.54, 1.807) is 0 Å². The van der Waals surface area contributed by atoms with Crippen LogP contribution < -0.4 is 10.6 Å². The molecule has 32 heavy (non-hydrogen) atoms. The van der Waals surface area contributed by atoms with Gasteiger partial charge in [-0.25, -0.2) is 4.79 Å². The van der Waals surface area contributed by atoms with Crippen LogP contribution in [0.1, 0.15) is 52.5 Å². The first kappa shape index (κ1) is 27.8. The number of nitrogens with one attached hydrogen (secondary N) is 2. The average molecular weight is 467 g/mol. The van der Waals surface area contributed by atoms with Crippen LogP contribution in [-0.4, -0.2) is 53.3 Å². The molecule has 1 aromatic rings. The molecule has 0 bridgehead atoms. The summed E-state index contributed by atoms with van der Waals surface area (Å²) in [5, 5.41) is 14.5. The highest BCUT2D eigenvalue weighted by Gasteiger charge is 2.37. The Bertz CT molecular complexity index is 739. The quantitative estimate of drug-likeness (QED) is 0.266. The molecule has 0 unspecified atom stereocenters. The molecule has 0 saturated carbocycles. The second-order valence-electron chi connectivity index (χ2n) is 9.30. The van der Waals surface area contributed by atoms with E-state index in [4.69, 9.17) is 0 Å². The molecule has 2 amide bonds. The van der Waals surface area contributed by atoms with Gasteiger partial charge in [-0.05, 0) is 36.7 Å². The van der Waals surface area contributed by atoms with E-state index in [2.05, 4.69) is 10.6 Å². The van der Waals surface area contributed by atoms with Crippen LogP contribution in [0.4, 0.5) is 0 Å². The lowest BCUT2D eigenvalue weighted by Gasteiger charge is -2.27. The predicted molar refractivity (Wildman–Crippen MR) is 125 cm³/mol. The summed E-state index contributed by atoms with van der Waals surface area (Å²) < 4.78 is 0. The van der Waals surface area contributed by atoms with Crippen LogP contribution >= 0.6 is 0 Å². The summed E-state index contributed by atoms with van der Waals surface area (Å²) in [5.74, 6) is -2.47. The molecule has 0 saturated heterocycles. The number of hydrogen-bond acceptors (Lipinski definition) is 5. The maximum atomic E-state index is 12.8. The lowest BCUT2D eigenvalue weighted by Crippen LogP contribution is -2.52. The Morgan fingerprint density at radius 1 is 0.969 bits per heavy atom. The van der Waals surface area contributed by atoms with E-state index in [9.17, 15) is 29.1 Å². The number of carboxylic acids is 1. The highest BCUT2D eigenvalue weighted by atomic mass is 28.4. The molecule has 0 aromatic heterocycles. The van der Waals surface area contributed by atoms with Gasteiger partial charge >= 0.3 is 14.5 Å². The van der Waals surface area contributed by atoms with Crippen molar-refractivity contribution in [2.24, 2.45) is 17.8 Å². The normalized spacial score (nSPS) is 13.6. The highest BCUT2D eigenvalue weighted by molar-refractivity contribution is 6.65. The lowest BCUT2D eigenvalue weighted by atomic mass is 9.96. The van der Waals surface area contributed by atoms with Crippen LogP contribution in [0.15, 0.2) is 30.3 Å². The molecular formula is C23H38N2O6Si. The van der Waals surface area contributed by atoms with Gasteiger partial charge < -0.3 is 25.3 Å². The third-order valence-corrected chi connectivity index (χ3v) is 6.96. The van der Waals surface area contributed by atoms with Gasteiger partial charge in [0.1, 0.15) is 6.04 Å². The van der Waals surface area contributed by atoms with Crippen molar-refractivity contribution in [1.29, 1.82) is 0 Å². The van der Waals surface area contributed by atoms with Crippen LogP contribution in [0, 0.1) is 17.8 Å². The van der Waals surface area contributed by atoms with Crippen molar-refractivity contribution in [3.8, 4) is 0 Å². The van der Waals surface area contributed by atoms with Crippen LogP contribution in [0.25, 0.3) is 0 Å². The fourth-order valence-corrected chi connectivity index (χ4v) is 5.30. The number of aliphatic carboxylic acids is 1. The van der Waals surface area contributed by atoms with Crippen molar-refractivity contribution in [2.75, 3.05) is 6.17 Å². The number of benzene rings is 1. The van der Waals surface area contributed by atoms with E-state index in [1.165, 1.54) is 0 Å². The van der Waals surface area contributed by atoms with Crippen LogP contribution in [0.2, 0.25) is 6.04 Å². The standard InChI is InChI=1S/C23H38N2O6Si/c1-16(2)12-19(22(27)25-20(23(28)29)13-17(3)4)14-32(30,31)15-24-21(26)11-10-18-8-6-5-7-9-18/h5-9,16-17,19-20,30-31H,10-15H2,1-4H3,(H,24,26)(H,25,27)(H,28,29)/t19-,20+/m1/s1. The van der Waals surface area contributed by atoms with Gasteiger partial charge in [0.25, 0.3) is 0 Å². The second-order valence-corrected chi connectivity index (χ2v) is 12.0. The molecule has 0 aliphatic heterocycles. The minimum atomic E-state index is -3.92. The zero-order valence-corrected chi connectivity index (χ0v) is 20.5. The Morgan fingerprint density at radius 3 is 2.09 bits per heavy atom. The van der Waals surface area contributed by atoms with Gasteiger partial charge in [-0.2, -0.15) is 0 Å². The van der Waals surface area contributed by atoms with Crippen molar-refractivity contribution in [3.63, 3.8) is 0 Å². The number of amides is 2. The molecule has 0 fully saturated rings. The minimum Gasteiger partial charge on any atom is -0.480 e. The SMILES string of the molecule is CC(C)C[C@H](C[Si](O)(O)CNC(=O)CCc1ccccc1)C(=O)N[C@@H](CC(C)C)C(=O)O. The molecule has 0 aliphatic carbocycles. The summed E-state index contributed by atoms with van der Waals surface area (Å²) in [5.41, 5.74) is 1.02. The Hall–Kier alpha value is -2.23. The molecule has 180 valence electrons. The van der Waals surface area contributed by atoms with Gasteiger partial charge in [0.15, 0.2) is 0 Å². The first-order valence-electron chi connectivity index (χ1n) is 11.2. The van der Waals surface area contributed by atoms with E-state index in [0.29, 0.717) is 12.8 Å². The molecule has 1 rings (SSSR count). The van der Waals surface area contributed by atoms with Crippen molar-refractivity contribution in [2.45, 2.75) is 65.5 Å². The zero-order valence-electron chi connectivity index (χ0n) is 19.5. The minimum absolute atomic E-state index is 0.0789. The van der Waals surface area contributed by atoms with Crippen molar-refractivity contribution >= 4 is 26.3 Å². The van der Waals surface area contributed by atoms with Gasteiger partial charge in [0, 0.05) is 18.4 Å². The fraction of sp³-hybridized carbons (Fsp3) is 0.609. The Balaban J connectivity index is 2.67. The van der Waals surface area contributed by atoms with E-state index < -0.39 is 32.4 Å². The summed E-state index contributed by atoms with van der Waals surface area (Å²) in [4.78, 5) is 57.5. The van der Waals surface area contributed by atoms with E-state index in [0.717, 1.165) is 5.56 Å². The van der Waals surface area contributed by atoms with Gasteiger partial charge in [-0.3, -0.25) is 9.59 Å². The number of carboxylic acid groups (broad SMARTS) is 1. The molecule has 8 nitrogen and oxygen atoms in total. The largest absolute Gasteiger partial charge is 0.480 e. The maximum absolute atomic E-state index is 12.8. The van der Waals surface area contributed by atoms with Crippen LogP contribution in [0.3, 0.4) is 0 Å². The van der Waals surface area contributed by atoms with Gasteiger partial charge in [-0.15, -0.1) is 0 Å². The molecule has 0 heterocycles. The summed E-state index contributed by atoms with van der Waals surface area (Å²) in [6, 6.07) is 8.32. The van der Waals surface area contributed by atoms with E-state index in [1.807, 2.05) is 58.0 Å². The molecule has 0 radical (unpaired) electrons. The predicted octanol–water partition coefficient (Wildman–Crippen LogP) is 1.98. The van der Waals surface area contributed by atoms with Gasteiger partial charge in [0.05, 0.1) is 6.17 Å². The Kier molecular flexibility index (Phi) is 11.6. The fourth-order valence-electron chi connectivity index (χ4n) is 3.53. The summed E-state index contributed by atoms with van der Waals surface area (Å²) in [7, 11) is -3.92. The highest BCUT2D eigenvalue weighted by Crippen LogP contribution is 2.22. The molecule has 0 aliphatic rings. The first-order chi connectivity index (χ1) is 14.9. The summed E-state index contributed by atoms with van der Waals surface area (Å²) in [6.45, 7) is 7.56. The molecular weight excluding hydrogens is 428 g/mol. The number of carbonyl (C=O) groups excluding carboxylic acids is 2. The number of carbonyl (C=O) groups is 3. The Morgan fingerprint density at radius 2 is 1.56 bits per heavy atom. The zero-order chi connectivity index (χ0) is 24.3. The molecule has 2 atom stereocenters. The lowest BCUT2D eigenvalue weighted by molar-refractivity contribution is -0.143. The molecule has 1 aromatic carbocycles. The van der Waals surface area contributed by atoms with Crippen molar-refractivity contribution in [3.05, 3.63) is 35.9 Å². The first-order valence-corrected chi connectivity index (χ1v) is 13.5. The Labute approximate surface area is 191 Å². The average Bonchev–Trinajstić information content (AvgIpc) is 2.69. The van der Waals surface area contributed by atoms with E-state index in [-0.39, 0.29) is 42.8 Å². The summed E-state index contributed by atoms with van der Waals surface area (Å²) in [6.07, 6.45) is 1.16. The smallest absolute Gasteiger partial charge is 0.353 e. The molecule has 0 spiro atoms. The third kappa shape index (κ3) is 11.4. The molecule has 9 heteroatoms. The van der Waals surface area contributed by atoms with Gasteiger partial charge in [-0.1, -0.05) is 58.0 Å². The van der Waals surface area contributed by atoms with Crippen molar-refractivity contribution in [1.82, 2.24) is 10.6 Å². The van der Waals surface area contributed by atoms with Gasteiger partial charge in [0.2, 0.25) is 11.8 Å². The van der Waals surface area contributed by atoms with Crippen LogP contribution in [0.5, 0.6) is 0 Å². The second kappa shape index (κ2) is 13.3. The molecule has 5 N–H and O–H groups in total. The monoisotopic (exact) mass is 466 g/mol. The topological polar surface area (TPSA) is 136 Å². The number of aryl methyl sites for hydroxylation is 1. The number of hydrogen-bond donors (Lipinski definition) is 5. The van der Waals surface area contributed by atoms with E-state index >= 15 is 0 Å². The maximum Gasteiger partial charge on any atom is 0.353 e. The van der Waals surface area contributed by atoms with Crippen LogP contribution in [-0.2, 0) is 20.8 Å². The third-order valence-electron chi connectivity index (χ3n) is 5.07.